The Morgan fingerprint density at radius 1 is 1.21 bits per heavy atom. The van der Waals surface area contributed by atoms with Crippen molar-refractivity contribution in [3.63, 3.8) is 0 Å². The smallest absolute Gasteiger partial charge is 0.224 e. The van der Waals surface area contributed by atoms with E-state index >= 15 is 0 Å². The van der Waals surface area contributed by atoms with E-state index in [-0.39, 0.29) is 17.9 Å². The second kappa shape index (κ2) is 5.82. The Balaban J connectivity index is 1.90. The molecule has 3 nitrogen and oxygen atoms in total. The number of carbonyl (C=O) groups excluding carboxylic acids is 1. The number of nitrogens with two attached hydrogens (primary N) is 1. The first-order valence-electron chi connectivity index (χ1n) is 7.95. The Labute approximate surface area is 117 Å². The zero-order valence-electron chi connectivity index (χ0n) is 12.7. The van der Waals surface area contributed by atoms with E-state index in [1.807, 2.05) is 0 Å². The third kappa shape index (κ3) is 3.71. The van der Waals surface area contributed by atoms with Crippen molar-refractivity contribution < 1.29 is 4.79 Å². The molecule has 4 atom stereocenters. The molecule has 0 saturated heterocycles. The van der Waals surface area contributed by atoms with Crippen LogP contribution in [0, 0.1) is 17.3 Å². The van der Waals surface area contributed by atoms with E-state index in [1.165, 1.54) is 19.3 Å². The normalized spacial score (nSPS) is 38.7. The van der Waals surface area contributed by atoms with Gasteiger partial charge in [0, 0.05) is 12.1 Å². The molecule has 0 aromatic carbocycles. The van der Waals surface area contributed by atoms with E-state index in [1.54, 1.807) is 0 Å². The summed E-state index contributed by atoms with van der Waals surface area (Å²) in [5.41, 5.74) is 6.59. The number of nitrogens with one attached hydrogen (secondary N) is 1. The molecule has 0 radical (unpaired) electrons. The van der Waals surface area contributed by atoms with Crippen LogP contribution in [0.15, 0.2) is 0 Å². The Hall–Kier alpha value is -0.570. The SMILES string of the molecule is CC1CCCC(C(=O)NC2CCCC(C)(C)C2)C1N. The molecular formula is C16H30N2O. The highest BCUT2D eigenvalue weighted by Crippen LogP contribution is 2.35. The van der Waals surface area contributed by atoms with E-state index in [0.29, 0.717) is 17.4 Å². The van der Waals surface area contributed by atoms with Crippen molar-refractivity contribution >= 4 is 5.91 Å². The van der Waals surface area contributed by atoms with Gasteiger partial charge in [-0.25, -0.2) is 0 Å². The molecule has 2 aliphatic carbocycles. The van der Waals surface area contributed by atoms with Crippen molar-refractivity contribution in [3.8, 4) is 0 Å². The van der Waals surface area contributed by atoms with Crippen LogP contribution in [0.5, 0.6) is 0 Å². The minimum Gasteiger partial charge on any atom is -0.353 e. The number of amides is 1. The molecule has 110 valence electrons. The molecule has 0 bridgehead atoms. The highest BCUT2D eigenvalue weighted by molar-refractivity contribution is 5.79. The largest absolute Gasteiger partial charge is 0.353 e. The molecule has 4 unspecified atom stereocenters. The van der Waals surface area contributed by atoms with Gasteiger partial charge < -0.3 is 11.1 Å². The maximum absolute atomic E-state index is 12.4. The molecule has 2 saturated carbocycles. The fourth-order valence-electron chi connectivity index (χ4n) is 3.88. The second-order valence-electron chi connectivity index (χ2n) is 7.56. The summed E-state index contributed by atoms with van der Waals surface area (Å²) < 4.78 is 0. The Bertz CT molecular complexity index is 327. The summed E-state index contributed by atoms with van der Waals surface area (Å²) in [4.78, 5) is 12.4. The molecule has 2 fully saturated rings. The van der Waals surface area contributed by atoms with Crippen molar-refractivity contribution in [2.75, 3.05) is 0 Å². The molecular weight excluding hydrogens is 236 g/mol. The van der Waals surface area contributed by atoms with Crippen LogP contribution < -0.4 is 11.1 Å². The zero-order valence-corrected chi connectivity index (χ0v) is 12.7. The molecule has 0 aliphatic heterocycles. The van der Waals surface area contributed by atoms with Crippen LogP contribution in [0.3, 0.4) is 0 Å². The fourth-order valence-corrected chi connectivity index (χ4v) is 3.88. The summed E-state index contributed by atoms with van der Waals surface area (Å²) in [5, 5.41) is 3.28. The van der Waals surface area contributed by atoms with Gasteiger partial charge in [0.25, 0.3) is 0 Å². The molecule has 19 heavy (non-hydrogen) atoms. The predicted molar refractivity (Wildman–Crippen MR) is 78.7 cm³/mol. The van der Waals surface area contributed by atoms with Gasteiger partial charge in [0.15, 0.2) is 0 Å². The van der Waals surface area contributed by atoms with Crippen LogP contribution in [0.4, 0.5) is 0 Å². The molecule has 0 aromatic rings. The van der Waals surface area contributed by atoms with E-state index in [2.05, 4.69) is 26.1 Å². The van der Waals surface area contributed by atoms with Crippen LogP contribution in [0.2, 0.25) is 0 Å². The van der Waals surface area contributed by atoms with Gasteiger partial charge in [-0.1, -0.05) is 33.6 Å². The molecule has 2 rings (SSSR count). The molecule has 0 spiro atoms. The number of hydrogen-bond donors (Lipinski definition) is 2. The van der Waals surface area contributed by atoms with Gasteiger partial charge in [0.1, 0.15) is 0 Å². The standard InChI is InChI=1S/C16H30N2O/c1-11-6-4-8-13(14(11)17)15(19)18-12-7-5-9-16(2,3)10-12/h11-14H,4-10,17H2,1-3H3,(H,18,19). The van der Waals surface area contributed by atoms with E-state index in [4.69, 9.17) is 5.73 Å². The van der Waals surface area contributed by atoms with E-state index in [0.717, 1.165) is 25.7 Å². The number of rotatable bonds is 2. The summed E-state index contributed by atoms with van der Waals surface area (Å²) >= 11 is 0. The van der Waals surface area contributed by atoms with Crippen molar-refractivity contribution in [1.29, 1.82) is 0 Å². The summed E-state index contributed by atoms with van der Waals surface area (Å²) in [7, 11) is 0. The van der Waals surface area contributed by atoms with Crippen molar-refractivity contribution in [3.05, 3.63) is 0 Å². The quantitative estimate of drug-likeness (QED) is 0.807. The zero-order chi connectivity index (χ0) is 14.0. The lowest BCUT2D eigenvalue weighted by molar-refractivity contribution is -0.128. The third-order valence-corrected chi connectivity index (χ3v) is 5.18. The minimum atomic E-state index is 0.0359. The maximum atomic E-state index is 12.4. The first kappa shape index (κ1) is 14.8. The molecule has 3 N–H and O–H groups in total. The predicted octanol–water partition coefficient (Wildman–Crippen LogP) is 2.83. The molecule has 3 heteroatoms. The lowest BCUT2D eigenvalue weighted by Gasteiger charge is -2.38. The molecule has 1 amide bonds. The highest BCUT2D eigenvalue weighted by atomic mass is 16.2. The summed E-state index contributed by atoms with van der Waals surface area (Å²) in [6.45, 7) is 6.79. The summed E-state index contributed by atoms with van der Waals surface area (Å²) in [6, 6.07) is 0.408. The molecule has 0 heterocycles. The lowest BCUT2D eigenvalue weighted by Crippen LogP contribution is -2.50. The third-order valence-electron chi connectivity index (χ3n) is 5.18. The lowest BCUT2D eigenvalue weighted by atomic mass is 9.74. The van der Waals surface area contributed by atoms with Gasteiger partial charge in [-0.15, -0.1) is 0 Å². The minimum absolute atomic E-state index is 0.0359. The number of hydrogen-bond acceptors (Lipinski definition) is 2. The topological polar surface area (TPSA) is 55.1 Å². The summed E-state index contributed by atoms with van der Waals surface area (Å²) in [6.07, 6.45) is 8.02. The van der Waals surface area contributed by atoms with Crippen LogP contribution in [0.25, 0.3) is 0 Å². The first-order chi connectivity index (χ1) is 8.89. The van der Waals surface area contributed by atoms with Gasteiger partial charge in [-0.3, -0.25) is 4.79 Å². The van der Waals surface area contributed by atoms with Crippen molar-refractivity contribution in [2.24, 2.45) is 23.0 Å². The van der Waals surface area contributed by atoms with Gasteiger partial charge in [0.2, 0.25) is 5.91 Å². The Morgan fingerprint density at radius 2 is 1.95 bits per heavy atom. The molecule has 0 aromatic heterocycles. The van der Waals surface area contributed by atoms with Crippen LogP contribution in [0.1, 0.15) is 65.7 Å². The monoisotopic (exact) mass is 266 g/mol. The van der Waals surface area contributed by atoms with E-state index < -0.39 is 0 Å². The van der Waals surface area contributed by atoms with Gasteiger partial charge in [-0.05, 0) is 43.4 Å². The van der Waals surface area contributed by atoms with Crippen molar-refractivity contribution in [1.82, 2.24) is 5.32 Å². The maximum Gasteiger partial charge on any atom is 0.224 e. The summed E-state index contributed by atoms with van der Waals surface area (Å²) in [5.74, 6) is 0.725. The Morgan fingerprint density at radius 3 is 2.63 bits per heavy atom. The molecule has 2 aliphatic rings. The second-order valence-corrected chi connectivity index (χ2v) is 7.56. The van der Waals surface area contributed by atoms with E-state index in [9.17, 15) is 4.79 Å². The number of carbonyl (C=O) groups is 1. The Kier molecular flexibility index (Phi) is 4.54. The average Bonchev–Trinajstić information content (AvgIpc) is 2.31. The van der Waals surface area contributed by atoms with Crippen molar-refractivity contribution in [2.45, 2.75) is 77.8 Å². The first-order valence-corrected chi connectivity index (χ1v) is 7.95. The van der Waals surface area contributed by atoms with Gasteiger partial charge in [0.05, 0.1) is 5.92 Å². The van der Waals surface area contributed by atoms with Crippen LogP contribution in [-0.4, -0.2) is 18.0 Å². The average molecular weight is 266 g/mol. The fraction of sp³-hybridized carbons (Fsp3) is 0.938. The van der Waals surface area contributed by atoms with Gasteiger partial charge >= 0.3 is 0 Å². The van der Waals surface area contributed by atoms with Crippen LogP contribution >= 0.6 is 0 Å². The van der Waals surface area contributed by atoms with Crippen LogP contribution in [-0.2, 0) is 4.79 Å². The van der Waals surface area contributed by atoms with Gasteiger partial charge in [-0.2, -0.15) is 0 Å². The highest BCUT2D eigenvalue weighted by Gasteiger charge is 2.35.